The average molecular weight is 327 g/mol. The van der Waals surface area contributed by atoms with Crippen LogP contribution in [0.15, 0.2) is 29.3 Å². The second-order valence-corrected chi connectivity index (χ2v) is 5.92. The van der Waals surface area contributed by atoms with Crippen LogP contribution in [0.1, 0.15) is 35.7 Å². The summed E-state index contributed by atoms with van der Waals surface area (Å²) in [6.45, 7) is 5.71. The van der Waals surface area contributed by atoms with Gasteiger partial charge in [-0.25, -0.2) is 0 Å². The van der Waals surface area contributed by atoms with Gasteiger partial charge in [-0.3, -0.25) is 24.7 Å². The fourth-order valence-electron chi connectivity index (χ4n) is 2.78. The molecule has 124 valence electrons. The van der Waals surface area contributed by atoms with Crippen molar-refractivity contribution in [3.63, 3.8) is 0 Å². The maximum Gasteiger partial charge on any atom is 0.257 e. The van der Waals surface area contributed by atoms with Crippen LogP contribution in [0.4, 0.5) is 5.69 Å². The minimum Gasteiger partial charge on any atom is -0.507 e. The van der Waals surface area contributed by atoms with E-state index < -0.39 is 17.9 Å². The Bertz CT molecular complexity index is 810. The van der Waals surface area contributed by atoms with Gasteiger partial charge in [0.2, 0.25) is 11.8 Å². The van der Waals surface area contributed by atoms with E-state index in [1.54, 1.807) is 13.0 Å². The fourth-order valence-corrected chi connectivity index (χ4v) is 2.78. The molecule has 0 radical (unpaired) electrons. The topological polar surface area (TPSA) is 108 Å². The van der Waals surface area contributed by atoms with E-state index in [1.165, 1.54) is 6.07 Å². The normalized spacial score (nSPS) is 20.1. The summed E-state index contributed by atoms with van der Waals surface area (Å²) in [5.74, 6) is -1.70. The number of aliphatic imine (C=N–C) groups is 1. The molecule has 0 spiro atoms. The van der Waals surface area contributed by atoms with Gasteiger partial charge in [-0.15, -0.1) is 0 Å². The summed E-state index contributed by atoms with van der Waals surface area (Å²) in [7, 11) is 0. The second kappa shape index (κ2) is 5.92. The van der Waals surface area contributed by atoms with Crippen LogP contribution in [-0.2, 0) is 16.0 Å². The van der Waals surface area contributed by atoms with Crippen molar-refractivity contribution < 1.29 is 19.5 Å². The molecule has 2 aliphatic rings. The van der Waals surface area contributed by atoms with Crippen molar-refractivity contribution in [1.29, 1.82) is 0 Å². The summed E-state index contributed by atoms with van der Waals surface area (Å²) >= 11 is 0. The molecule has 1 unspecified atom stereocenters. The summed E-state index contributed by atoms with van der Waals surface area (Å²) in [5, 5.41) is 14.9. The molecular weight excluding hydrogens is 310 g/mol. The third-order valence-electron chi connectivity index (χ3n) is 4.21. The zero-order valence-electron chi connectivity index (χ0n) is 13.2. The number of hydrogen-bond donors (Lipinski definition) is 3. The predicted molar refractivity (Wildman–Crippen MR) is 87.4 cm³/mol. The molecule has 7 heteroatoms. The van der Waals surface area contributed by atoms with Gasteiger partial charge in [0, 0.05) is 18.6 Å². The molecule has 0 aliphatic carbocycles. The van der Waals surface area contributed by atoms with Crippen LogP contribution in [-0.4, -0.2) is 34.6 Å². The van der Waals surface area contributed by atoms with Crippen LogP contribution in [0, 0.1) is 0 Å². The third kappa shape index (κ3) is 2.80. The number of fused-ring (bicyclic) bond motifs is 1. The van der Waals surface area contributed by atoms with Crippen LogP contribution in [0.25, 0.3) is 0 Å². The van der Waals surface area contributed by atoms with E-state index in [4.69, 9.17) is 0 Å². The molecule has 1 aromatic rings. The molecule has 2 heterocycles. The van der Waals surface area contributed by atoms with Crippen molar-refractivity contribution >= 4 is 29.1 Å². The van der Waals surface area contributed by atoms with Crippen molar-refractivity contribution in [2.24, 2.45) is 4.99 Å². The number of nitrogens with one attached hydrogen (secondary N) is 2. The Kier molecular flexibility index (Phi) is 3.92. The average Bonchev–Trinajstić information content (AvgIpc) is 2.51. The Balaban J connectivity index is 1.92. The Hall–Kier alpha value is -2.96. The number of aromatic hydroxyl groups is 1. The van der Waals surface area contributed by atoms with E-state index in [0.717, 1.165) is 11.1 Å². The van der Waals surface area contributed by atoms with Crippen molar-refractivity contribution in [3.8, 4) is 5.75 Å². The lowest BCUT2D eigenvalue weighted by molar-refractivity contribution is -0.134. The first-order valence-corrected chi connectivity index (χ1v) is 7.59. The third-order valence-corrected chi connectivity index (χ3v) is 4.21. The van der Waals surface area contributed by atoms with Gasteiger partial charge in [0.25, 0.3) is 5.91 Å². The number of amides is 3. The largest absolute Gasteiger partial charge is 0.507 e. The lowest BCUT2D eigenvalue weighted by Crippen LogP contribution is -2.52. The number of piperidine rings is 1. The maximum atomic E-state index is 12.6. The molecule has 1 aromatic carbocycles. The van der Waals surface area contributed by atoms with Crippen LogP contribution >= 0.6 is 0 Å². The lowest BCUT2D eigenvalue weighted by Gasteiger charge is -2.23. The first-order valence-electron chi connectivity index (χ1n) is 7.59. The summed E-state index contributed by atoms with van der Waals surface area (Å²) in [6.07, 6.45) is 0.932. The fraction of sp³-hybridized carbons (Fsp3) is 0.294. The summed E-state index contributed by atoms with van der Waals surface area (Å²) < 4.78 is 0. The quantitative estimate of drug-likeness (QED) is 0.708. The monoisotopic (exact) mass is 327 g/mol. The van der Waals surface area contributed by atoms with Gasteiger partial charge in [-0.2, -0.15) is 0 Å². The van der Waals surface area contributed by atoms with E-state index in [1.807, 2.05) is 0 Å². The first-order chi connectivity index (χ1) is 11.4. The molecule has 1 saturated heterocycles. The number of rotatable bonds is 2. The number of hydrogen-bond acceptors (Lipinski definition) is 5. The minimum atomic E-state index is -0.811. The molecule has 1 atom stereocenters. The summed E-state index contributed by atoms with van der Waals surface area (Å²) in [5.41, 5.74) is 2.76. The van der Waals surface area contributed by atoms with Gasteiger partial charge in [0.1, 0.15) is 17.4 Å². The Morgan fingerprint density at radius 2 is 2.17 bits per heavy atom. The summed E-state index contributed by atoms with van der Waals surface area (Å²) in [6, 6.07) is 2.32. The van der Waals surface area contributed by atoms with Crippen molar-refractivity contribution in [3.05, 3.63) is 35.4 Å². The number of allylic oxidation sites excluding steroid dienone is 1. The molecule has 0 aromatic heterocycles. The molecule has 3 N–H and O–H groups in total. The predicted octanol–water partition coefficient (Wildman–Crippen LogP) is 1.13. The van der Waals surface area contributed by atoms with E-state index in [-0.39, 0.29) is 30.1 Å². The van der Waals surface area contributed by atoms with Crippen molar-refractivity contribution in [2.75, 3.05) is 0 Å². The lowest BCUT2D eigenvalue weighted by atomic mass is 9.94. The van der Waals surface area contributed by atoms with E-state index in [0.29, 0.717) is 17.8 Å². The molecule has 0 saturated carbocycles. The van der Waals surface area contributed by atoms with Gasteiger partial charge in [0.15, 0.2) is 0 Å². The van der Waals surface area contributed by atoms with E-state index >= 15 is 0 Å². The highest BCUT2D eigenvalue weighted by Crippen LogP contribution is 2.36. The highest BCUT2D eigenvalue weighted by molar-refractivity contribution is 6.09. The SMILES string of the molecule is C=C1Cc2ccc(O)c(C(=O)NC3CCC(=O)NC3=O)c2N=C1C. The highest BCUT2D eigenvalue weighted by Gasteiger charge is 2.30. The second-order valence-electron chi connectivity index (χ2n) is 5.92. The number of carbonyl (C=O) groups excluding carboxylic acids is 3. The maximum absolute atomic E-state index is 12.6. The number of nitrogens with zero attached hydrogens (tertiary/aromatic N) is 1. The first kappa shape index (κ1) is 15.9. The Morgan fingerprint density at radius 3 is 2.88 bits per heavy atom. The van der Waals surface area contributed by atoms with Crippen LogP contribution < -0.4 is 10.6 Å². The number of benzene rings is 1. The van der Waals surface area contributed by atoms with Crippen molar-refractivity contribution in [2.45, 2.75) is 32.2 Å². The highest BCUT2D eigenvalue weighted by atomic mass is 16.3. The molecule has 2 aliphatic heterocycles. The van der Waals surface area contributed by atoms with Crippen molar-refractivity contribution in [1.82, 2.24) is 10.6 Å². The number of phenolic OH excluding ortho intramolecular Hbond substituents is 1. The molecule has 24 heavy (non-hydrogen) atoms. The zero-order chi connectivity index (χ0) is 17.4. The Morgan fingerprint density at radius 1 is 1.42 bits per heavy atom. The van der Waals surface area contributed by atoms with E-state index in [9.17, 15) is 19.5 Å². The molecule has 0 bridgehead atoms. The molecule has 3 rings (SSSR count). The minimum absolute atomic E-state index is 0.0315. The Labute approximate surface area is 138 Å². The van der Waals surface area contributed by atoms with Gasteiger partial charge in [-0.1, -0.05) is 12.6 Å². The zero-order valence-corrected chi connectivity index (χ0v) is 13.2. The van der Waals surface area contributed by atoms with Gasteiger partial charge in [-0.05, 0) is 30.5 Å². The molecular formula is C17H17N3O4. The van der Waals surface area contributed by atoms with Crippen LogP contribution in [0.2, 0.25) is 0 Å². The molecule has 7 nitrogen and oxygen atoms in total. The van der Waals surface area contributed by atoms with Crippen LogP contribution in [0.5, 0.6) is 5.75 Å². The van der Waals surface area contributed by atoms with E-state index in [2.05, 4.69) is 22.2 Å². The molecule has 3 amide bonds. The van der Waals surface area contributed by atoms with Gasteiger partial charge < -0.3 is 10.4 Å². The summed E-state index contributed by atoms with van der Waals surface area (Å²) in [4.78, 5) is 39.9. The standard InChI is InChI=1S/C17H17N3O4/c1-8-7-10-3-5-12(21)14(15(10)18-9(8)2)17(24)19-11-4-6-13(22)20-16(11)23/h3,5,11,21H,1,4,6-7H2,2H3,(H,19,24)(H,20,22,23). The molecule has 1 fully saturated rings. The smallest absolute Gasteiger partial charge is 0.257 e. The van der Waals surface area contributed by atoms with Crippen LogP contribution in [0.3, 0.4) is 0 Å². The number of imide groups is 1. The van der Waals surface area contributed by atoms with Gasteiger partial charge in [0.05, 0.1) is 5.69 Å². The van der Waals surface area contributed by atoms with Gasteiger partial charge >= 0.3 is 0 Å². The number of carbonyl (C=O) groups is 3. The number of phenols is 1.